The third kappa shape index (κ3) is 3.29. The number of hydrogen-bond acceptors (Lipinski definition) is 4. The number of furan rings is 1. The molecule has 0 aliphatic heterocycles. The first-order chi connectivity index (χ1) is 9.44. The van der Waals surface area contributed by atoms with E-state index in [1.165, 1.54) is 12.3 Å². The van der Waals surface area contributed by atoms with Gasteiger partial charge in [-0.1, -0.05) is 15.9 Å². The van der Waals surface area contributed by atoms with E-state index in [1.807, 2.05) is 0 Å². The van der Waals surface area contributed by atoms with Gasteiger partial charge in [-0.2, -0.15) is 0 Å². The SMILES string of the molecule is Cc1c(Br)cc(CO)cc1S(=O)(=O)NCc1ccco1. The zero-order valence-electron chi connectivity index (χ0n) is 10.8. The molecule has 0 radical (unpaired) electrons. The lowest BCUT2D eigenvalue weighted by atomic mass is 10.2. The minimum absolute atomic E-state index is 0.0791. The first-order valence-corrected chi connectivity index (χ1v) is 8.13. The topological polar surface area (TPSA) is 79.5 Å². The quantitative estimate of drug-likeness (QED) is 0.858. The smallest absolute Gasteiger partial charge is 0.241 e. The molecule has 0 bridgehead atoms. The molecule has 7 heteroatoms. The minimum Gasteiger partial charge on any atom is -0.468 e. The van der Waals surface area contributed by atoms with E-state index in [4.69, 9.17) is 4.42 Å². The van der Waals surface area contributed by atoms with Crippen LogP contribution in [0, 0.1) is 6.92 Å². The predicted molar refractivity (Wildman–Crippen MR) is 77.5 cm³/mol. The fourth-order valence-electron chi connectivity index (χ4n) is 1.73. The van der Waals surface area contributed by atoms with Crippen molar-refractivity contribution >= 4 is 26.0 Å². The van der Waals surface area contributed by atoms with Crippen LogP contribution < -0.4 is 4.72 Å². The zero-order valence-corrected chi connectivity index (χ0v) is 13.2. The van der Waals surface area contributed by atoms with Crippen LogP contribution in [0.15, 0.2) is 44.3 Å². The molecular formula is C13H14BrNO4S. The van der Waals surface area contributed by atoms with Crippen LogP contribution in [0.25, 0.3) is 0 Å². The molecule has 0 spiro atoms. The van der Waals surface area contributed by atoms with E-state index in [-0.39, 0.29) is 18.0 Å². The number of rotatable bonds is 5. The Kier molecular flexibility index (Phi) is 4.64. The summed E-state index contributed by atoms with van der Waals surface area (Å²) >= 11 is 3.30. The van der Waals surface area contributed by atoms with Crippen LogP contribution >= 0.6 is 15.9 Å². The van der Waals surface area contributed by atoms with Gasteiger partial charge in [0.15, 0.2) is 0 Å². The molecule has 108 valence electrons. The van der Waals surface area contributed by atoms with Crippen molar-refractivity contribution in [2.45, 2.75) is 25.0 Å². The molecule has 0 saturated carbocycles. The second-order valence-electron chi connectivity index (χ2n) is 4.26. The number of sulfonamides is 1. The van der Waals surface area contributed by atoms with Gasteiger partial charge < -0.3 is 9.52 Å². The maximum Gasteiger partial charge on any atom is 0.241 e. The van der Waals surface area contributed by atoms with Gasteiger partial charge >= 0.3 is 0 Å². The van der Waals surface area contributed by atoms with Gasteiger partial charge in [0.05, 0.1) is 24.3 Å². The number of aliphatic hydroxyl groups excluding tert-OH is 1. The summed E-state index contributed by atoms with van der Waals surface area (Å²) in [5.74, 6) is 0.531. The average Bonchev–Trinajstić information content (AvgIpc) is 2.92. The zero-order chi connectivity index (χ0) is 14.8. The van der Waals surface area contributed by atoms with Crippen LogP contribution in [-0.2, 0) is 23.2 Å². The summed E-state index contributed by atoms with van der Waals surface area (Å²) < 4.78 is 32.8. The molecule has 0 unspecified atom stereocenters. The third-order valence-electron chi connectivity index (χ3n) is 2.85. The minimum atomic E-state index is -3.67. The predicted octanol–water partition coefficient (Wildman–Crippen LogP) is 2.32. The second-order valence-corrected chi connectivity index (χ2v) is 6.85. The Bertz CT molecular complexity index is 695. The standard InChI is InChI=1S/C13H14BrNO4S/c1-9-12(14)5-10(8-16)6-13(9)20(17,18)15-7-11-3-2-4-19-11/h2-6,15-16H,7-8H2,1H3. The van der Waals surface area contributed by atoms with E-state index < -0.39 is 10.0 Å². The van der Waals surface area contributed by atoms with E-state index >= 15 is 0 Å². The Morgan fingerprint density at radius 2 is 2.15 bits per heavy atom. The Balaban J connectivity index is 2.31. The van der Waals surface area contributed by atoms with Gasteiger partial charge in [-0.25, -0.2) is 13.1 Å². The molecule has 2 rings (SSSR count). The van der Waals surface area contributed by atoms with Crippen LogP contribution in [-0.4, -0.2) is 13.5 Å². The van der Waals surface area contributed by atoms with Gasteiger partial charge in [0.25, 0.3) is 0 Å². The summed E-state index contributed by atoms with van der Waals surface area (Å²) in [5, 5.41) is 9.17. The number of benzene rings is 1. The van der Waals surface area contributed by atoms with Gasteiger partial charge in [0, 0.05) is 4.47 Å². The molecule has 5 nitrogen and oxygen atoms in total. The molecular weight excluding hydrogens is 346 g/mol. The highest BCUT2D eigenvalue weighted by Gasteiger charge is 2.19. The fraction of sp³-hybridized carbons (Fsp3) is 0.231. The van der Waals surface area contributed by atoms with Crippen molar-refractivity contribution in [3.8, 4) is 0 Å². The van der Waals surface area contributed by atoms with Crippen molar-refractivity contribution in [1.29, 1.82) is 0 Å². The molecule has 0 fully saturated rings. The van der Waals surface area contributed by atoms with Crippen LogP contribution in [0.4, 0.5) is 0 Å². The third-order valence-corrected chi connectivity index (χ3v) is 5.20. The van der Waals surface area contributed by atoms with Crippen molar-refractivity contribution in [2.24, 2.45) is 0 Å². The van der Waals surface area contributed by atoms with E-state index in [9.17, 15) is 13.5 Å². The monoisotopic (exact) mass is 359 g/mol. The van der Waals surface area contributed by atoms with Crippen molar-refractivity contribution in [1.82, 2.24) is 4.72 Å². The summed E-state index contributed by atoms with van der Waals surface area (Å²) in [6.07, 6.45) is 1.48. The summed E-state index contributed by atoms with van der Waals surface area (Å²) in [5.41, 5.74) is 1.12. The molecule has 2 aromatic rings. The van der Waals surface area contributed by atoms with Crippen molar-refractivity contribution in [3.63, 3.8) is 0 Å². The van der Waals surface area contributed by atoms with Gasteiger partial charge in [-0.05, 0) is 42.3 Å². The van der Waals surface area contributed by atoms with Crippen LogP contribution in [0.2, 0.25) is 0 Å². The lowest BCUT2D eigenvalue weighted by Crippen LogP contribution is -2.24. The summed E-state index contributed by atoms with van der Waals surface area (Å²) in [6, 6.07) is 6.54. The van der Waals surface area contributed by atoms with Crippen molar-refractivity contribution in [2.75, 3.05) is 0 Å². The number of nitrogens with one attached hydrogen (secondary N) is 1. The Morgan fingerprint density at radius 3 is 2.75 bits per heavy atom. The maximum atomic E-state index is 12.3. The number of aliphatic hydroxyl groups is 1. The lowest BCUT2D eigenvalue weighted by Gasteiger charge is -2.11. The second kappa shape index (κ2) is 6.09. The van der Waals surface area contributed by atoms with E-state index in [0.29, 0.717) is 21.4 Å². The highest BCUT2D eigenvalue weighted by molar-refractivity contribution is 9.10. The van der Waals surface area contributed by atoms with Crippen LogP contribution in [0.5, 0.6) is 0 Å². The molecule has 1 heterocycles. The van der Waals surface area contributed by atoms with Gasteiger partial charge in [-0.15, -0.1) is 0 Å². The van der Waals surface area contributed by atoms with E-state index in [2.05, 4.69) is 20.7 Å². The molecule has 0 saturated heterocycles. The molecule has 1 aromatic carbocycles. The normalized spacial score (nSPS) is 11.8. The molecule has 0 atom stereocenters. The fourth-order valence-corrected chi connectivity index (χ4v) is 3.68. The van der Waals surface area contributed by atoms with Crippen LogP contribution in [0.1, 0.15) is 16.9 Å². The first-order valence-electron chi connectivity index (χ1n) is 5.86. The molecule has 2 N–H and O–H groups in total. The molecule has 0 amide bonds. The Labute approximate surface area is 125 Å². The lowest BCUT2D eigenvalue weighted by molar-refractivity contribution is 0.281. The summed E-state index contributed by atoms with van der Waals surface area (Å²) in [7, 11) is -3.67. The van der Waals surface area contributed by atoms with E-state index in [0.717, 1.165) is 0 Å². The van der Waals surface area contributed by atoms with Crippen LogP contribution in [0.3, 0.4) is 0 Å². The van der Waals surface area contributed by atoms with Gasteiger partial charge in [0.1, 0.15) is 5.76 Å². The number of hydrogen-bond donors (Lipinski definition) is 2. The maximum absolute atomic E-state index is 12.3. The summed E-state index contributed by atoms with van der Waals surface area (Å²) in [6.45, 7) is 1.56. The molecule has 0 aliphatic rings. The Morgan fingerprint density at radius 1 is 1.40 bits per heavy atom. The summed E-state index contributed by atoms with van der Waals surface area (Å²) in [4.78, 5) is 0.141. The Hall–Kier alpha value is -1.15. The van der Waals surface area contributed by atoms with E-state index in [1.54, 1.807) is 25.1 Å². The largest absolute Gasteiger partial charge is 0.468 e. The molecule has 1 aromatic heterocycles. The highest BCUT2D eigenvalue weighted by Crippen LogP contribution is 2.26. The van der Waals surface area contributed by atoms with Crippen molar-refractivity contribution < 1.29 is 17.9 Å². The molecule has 20 heavy (non-hydrogen) atoms. The highest BCUT2D eigenvalue weighted by atomic mass is 79.9. The average molecular weight is 360 g/mol. The number of halogens is 1. The first kappa shape index (κ1) is 15.2. The van der Waals surface area contributed by atoms with Gasteiger partial charge in [-0.3, -0.25) is 0 Å². The van der Waals surface area contributed by atoms with Crippen molar-refractivity contribution in [3.05, 3.63) is 51.9 Å². The van der Waals surface area contributed by atoms with Gasteiger partial charge in [0.2, 0.25) is 10.0 Å². The molecule has 0 aliphatic carbocycles.